The summed E-state index contributed by atoms with van der Waals surface area (Å²) in [6.07, 6.45) is 7.05. The summed E-state index contributed by atoms with van der Waals surface area (Å²) in [5, 5.41) is 0. The molecule has 0 amide bonds. The molecule has 1 aliphatic rings. The second kappa shape index (κ2) is 3.79. The fraction of sp³-hybridized carbons (Fsp3) is 0.308. The Kier molecular flexibility index (Phi) is 2.49. The van der Waals surface area contributed by atoms with Crippen molar-refractivity contribution in [2.24, 2.45) is 4.99 Å². The normalized spacial score (nSPS) is 22.3. The van der Waals surface area contributed by atoms with Crippen LogP contribution in [0.1, 0.15) is 36.0 Å². The third-order valence-electron chi connectivity index (χ3n) is 2.67. The van der Waals surface area contributed by atoms with Crippen molar-refractivity contribution in [2.75, 3.05) is 0 Å². The molecule has 1 heterocycles. The van der Waals surface area contributed by atoms with Crippen LogP contribution >= 0.6 is 0 Å². The molecular formula is C13H15N. The number of rotatable bonds is 0. The lowest BCUT2D eigenvalue weighted by Gasteiger charge is -2.14. The summed E-state index contributed by atoms with van der Waals surface area (Å²) in [5.74, 6) is 0.591. The Balaban J connectivity index is 2.52. The number of benzene rings is 1. The van der Waals surface area contributed by atoms with Crippen molar-refractivity contribution in [1.29, 1.82) is 0 Å². The zero-order valence-electron chi connectivity index (χ0n) is 8.70. The summed E-state index contributed by atoms with van der Waals surface area (Å²) >= 11 is 0. The van der Waals surface area contributed by atoms with Crippen LogP contribution in [-0.2, 0) is 0 Å². The highest BCUT2D eigenvalue weighted by atomic mass is 14.7. The first kappa shape index (κ1) is 9.20. The maximum atomic E-state index is 4.24. The standard InChI is InChI=1S/C13H15N/c1-10-5-6-13-11(2)4-3-7-14-9-12(13)8-10/h3,5-9,11H,4H2,1-2H3/b7-3+,14-9?. The number of aryl methyl sites for hydroxylation is 1. The molecule has 0 saturated carbocycles. The second-order valence-electron chi connectivity index (χ2n) is 3.93. The van der Waals surface area contributed by atoms with Crippen molar-refractivity contribution >= 4 is 6.21 Å². The van der Waals surface area contributed by atoms with Gasteiger partial charge in [-0.05, 0) is 30.4 Å². The summed E-state index contributed by atoms with van der Waals surface area (Å²) in [7, 11) is 0. The first-order valence-corrected chi connectivity index (χ1v) is 5.06. The van der Waals surface area contributed by atoms with Gasteiger partial charge in [-0.25, -0.2) is 0 Å². The fourth-order valence-electron chi connectivity index (χ4n) is 1.83. The highest BCUT2D eigenvalue weighted by Crippen LogP contribution is 2.24. The van der Waals surface area contributed by atoms with E-state index >= 15 is 0 Å². The van der Waals surface area contributed by atoms with Gasteiger partial charge in [0.25, 0.3) is 0 Å². The molecule has 1 aromatic rings. The molecule has 1 nitrogen and oxygen atoms in total. The van der Waals surface area contributed by atoms with Gasteiger partial charge in [-0.2, -0.15) is 0 Å². The van der Waals surface area contributed by atoms with Gasteiger partial charge in [0, 0.05) is 12.4 Å². The fourth-order valence-corrected chi connectivity index (χ4v) is 1.83. The highest BCUT2D eigenvalue weighted by molar-refractivity contribution is 5.83. The van der Waals surface area contributed by atoms with E-state index in [-0.39, 0.29) is 0 Å². The van der Waals surface area contributed by atoms with Crippen molar-refractivity contribution in [2.45, 2.75) is 26.2 Å². The van der Waals surface area contributed by atoms with Crippen LogP contribution in [0.5, 0.6) is 0 Å². The van der Waals surface area contributed by atoms with Crippen LogP contribution in [0, 0.1) is 6.92 Å². The van der Waals surface area contributed by atoms with Crippen LogP contribution in [0.3, 0.4) is 0 Å². The molecule has 1 aromatic carbocycles. The van der Waals surface area contributed by atoms with E-state index in [0.717, 1.165) is 6.42 Å². The van der Waals surface area contributed by atoms with Gasteiger partial charge in [-0.1, -0.05) is 36.8 Å². The average Bonchev–Trinajstić information content (AvgIpc) is 2.14. The predicted octanol–water partition coefficient (Wildman–Crippen LogP) is 3.43. The zero-order chi connectivity index (χ0) is 9.97. The Morgan fingerprint density at radius 1 is 1.36 bits per heavy atom. The zero-order valence-corrected chi connectivity index (χ0v) is 8.70. The molecule has 72 valence electrons. The highest BCUT2D eigenvalue weighted by Gasteiger charge is 2.09. The molecule has 0 N–H and O–H groups in total. The first-order chi connectivity index (χ1) is 6.77. The van der Waals surface area contributed by atoms with E-state index in [4.69, 9.17) is 0 Å². The lowest BCUT2D eigenvalue weighted by molar-refractivity contribution is 0.776. The minimum Gasteiger partial charge on any atom is -0.264 e. The van der Waals surface area contributed by atoms with Crippen molar-refractivity contribution in [1.82, 2.24) is 0 Å². The van der Waals surface area contributed by atoms with Gasteiger partial charge in [-0.15, -0.1) is 0 Å². The van der Waals surface area contributed by atoms with Gasteiger partial charge in [0.05, 0.1) is 0 Å². The van der Waals surface area contributed by atoms with E-state index in [1.54, 1.807) is 0 Å². The van der Waals surface area contributed by atoms with Crippen molar-refractivity contribution in [3.8, 4) is 0 Å². The molecular weight excluding hydrogens is 170 g/mol. The van der Waals surface area contributed by atoms with Crippen molar-refractivity contribution in [3.63, 3.8) is 0 Å². The first-order valence-electron chi connectivity index (χ1n) is 5.06. The van der Waals surface area contributed by atoms with Gasteiger partial charge in [0.15, 0.2) is 0 Å². The number of hydrogen-bond acceptors (Lipinski definition) is 1. The minimum absolute atomic E-state index is 0.591. The number of aliphatic imine (C=N–C) groups is 1. The molecule has 1 unspecified atom stereocenters. The summed E-state index contributed by atoms with van der Waals surface area (Å²) in [6, 6.07) is 6.60. The number of fused-ring (bicyclic) bond motifs is 1. The molecule has 1 aliphatic heterocycles. The van der Waals surface area contributed by atoms with Crippen LogP contribution in [0.15, 0.2) is 35.5 Å². The lowest BCUT2D eigenvalue weighted by atomic mass is 9.92. The molecule has 14 heavy (non-hydrogen) atoms. The summed E-state index contributed by atoms with van der Waals surface area (Å²) in [6.45, 7) is 4.38. The Labute approximate surface area is 85.2 Å². The summed E-state index contributed by atoms with van der Waals surface area (Å²) in [5.41, 5.74) is 3.97. The summed E-state index contributed by atoms with van der Waals surface area (Å²) in [4.78, 5) is 4.24. The van der Waals surface area contributed by atoms with Crippen LogP contribution in [0.4, 0.5) is 0 Å². The third kappa shape index (κ3) is 1.77. The molecule has 0 bridgehead atoms. The number of hydrogen-bond donors (Lipinski definition) is 0. The smallest absolute Gasteiger partial charge is 0.0343 e. The van der Waals surface area contributed by atoms with E-state index in [2.05, 4.69) is 43.1 Å². The van der Waals surface area contributed by atoms with Gasteiger partial charge < -0.3 is 0 Å². The maximum absolute atomic E-state index is 4.24. The monoisotopic (exact) mass is 185 g/mol. The summed E-state index contributed by atoms with van der Waals surface area (Å²) < 4.78 is 0. The Morgan fingerprint density at radius 3 is 3.07 bits per heavy atom. The quantitative estimate of drug-likeness (QED) is 0.587. The molecule has 1 atom stereocenters. The number of allylic oxidation sites excluding steroid dienone is 1. The van der Waals surface area contributed by atoms with E-state index in [1.165, 1.54) is 16.7 Å². The van der Waals surface area contributed by atoms with E-state index < -0.39 is 0 Å². The molecule has 0 aromatic heterocycles. The van der Waals surface area contributed by atoms with E-state index in [1.807, 2.05) is 12.4 Å². The topological polar surface area (TPSA) is 12.4 Å². The minimum atomic E-state index is 0.591. The second-order valence-corrected chi connectivity index (χ2v) is 3.93. The van der Waals surface area contributed by atoms with Gasteiger partial charge in [-0.3, -0.25) is 4.99 Å². The Morgan fingerprint density at radius 2 is 2.21 bits per heavy atom. The van der Waals surface area contributed by atoms with Crippen molar-refractivity contribution in [3.05, 3.63) is 47.2 Å². The van der Waals surface area contributed by atoms with Crippen LogP contribution in [0.2, 0.25) is 0 Å². The molecule has 0 fully saturated rings. The molecule has 2 rings (SSSR count). The maximum Gasteiger partial charge on any atom is 0.0343 e. The van der Waals surface area contributed by atoms with Crippen LogP contribution in [0.25, 0.3) is 0 Å². The van der Waals surface area contributed by atoms with Gasteiger partial charge in [0.2, 0.25) is 0 Å². The molecule has 1 heteroatoms. The van der Waals surface area contributed by atoms with Gasteiger partial charge in [0.1, 0.15) is 0 Å². The Hall–Kier alpha value is -1.37. The number of nitrogens with zero attached hydrogens (tertiary/aromatic N) is 1. The van der Waals surface area contributed by atoms with Crippen molar-refractivity contribution < 1.29 is 0 Å². The average molecular weight is 185 g/mol. The SMILES string of the molecule is Cc1ccc2c(c1)C=N/C=C/CC2C. The molecule has 0 radical (unpaired) electrons. The molecule has 0 saturated heterocycles. The van der Waals surface area contributed by atoms with Gasteiger partial charge >= 0.3 is 0 Å². The lowest BCUT2D eigenvalue weighted by Crippen LogP contribution is -2.00. The Bertz CT molecular complexity index is 388. The predicted molar refractivity (Wildman–Crippen MR) is 60.9 cm³/mol. The van der Waals surface area contributed by atoms with E-state index in [0.29, 0.717) is 5.92 Å². The molecule has 0 spiro atoms. The largest absolute Gasteiger partial charge is 0.264 e. The molecule has 0 aliphatic carbocycles. The van der Waals surface area contributed by atoms with E-state index in [9.17, 15) is 0 Å². The van der Waals surface area contributed by atoms with Crippen LogP contribution in [-0.4, -0.2) is 6.21 Å². The third-order valence-corrected chi connectivity index (χ3v) is 2.67. The van der Waals surface area contributed by atoms with Crippen LogP contribution < -0.4 is 0 Å².